The smallest absolute Gasteiger partial charge is 0.223 e. The monoisotopic (exact) mass is 378 g/mol. The fourth-order valence-electron chi connectivity index (χ4n) is 3.24. The van der Waals surface area contributed by atoms with Crippen LogP contribution in [0.15, 0.2) is 48.5 Å². The lowest BCUT2D eigenvalue weighted by Crippen LogP contribution is -2.48. The molecule has 0 bridgehead atoms. The van der Waals surface area contributed by atoms with Crippen LogP contribution in [0, 0.1) is 5.82 Å². The highest BCUT2D eigenvalue weighted by Crippen LogP contribution is 2.24. The molecule has 1 saturated heterocycles. The number of amides is 1. The number of carbonyl (C=O) groups is 1. The van der Waals surface area contributed by atoms with Gasteiger partial charge in [-0.05, 0) is 41.8 Å². The van der Waals surface area contributed by atoms with Crippen molar-refractivity contribution in [1.29, 1.82) is 0 Å². The van der Waals surface area contributed by atoms with Gasteiger partial charge in [-0.15, -0.1) is 12.4 Å². The van der Waals surface area contributed by atoms with E-state index in [0.717, 1.165) is 23.4 Å². The Morgan fingerprint density at radius 3 is 2.85 bits per heavy atom. The number of aryl methyl sites for hydroxylation is 1. The fraction of sp³-hybridized carbons (Fsp3) is 0.350. The van der Waals surface area contributed by atoms with Gasteiger partial charge in [0.25, 0.3) is 0 Å². The SMILES string of the molecule is COc1cccc(CCC(=O)N2CCNCC2c2cccc(F)c2)c1.Cl. The van der Waals surface area contributed by atoms with Crippen LogP contribution in [0.5, 0.6) is 5.75 Å². The first-order valence-electron chi connectivity index (χ1n) is 8.56. The van der Waals surface area contributed by atoms with E-state index < -0.39 is 0 Å². The number of nitrogens with zero attached hydrogens (tertiary/aromatic N) is 1. The number of nitrogens with one attached hydrogen (secondary N) is 1. The summed E-state index contributed by atoms with van der Waals surface area (Å²) in [4.78, 5) is 14.6. The Kier molecular flexibility index (Phi) is 7.42. The molecule has 140 valence electrons. The molecule has 0 radical (unpaired) electrons. The Balaban J connectivity index is 0.00000243. The van der Waals surface area contributed by atoms with Gasteiger partial charge in [-0.25, -0.2) is 4.39 Å². The molecular weight excluding hydrogens is 355 g/mol. The van der Waals surface area contributed by atoms with E-state index in [9.17, 15) is 9.18 Å². The minimum atomic E-state index is -0.271. The molecule has 1 amide bonds. The number of rotatable bonds is 5. The number of piperazine rings is 1. The molecular formula is C20H24ClFN2O2. The molecule has 1 fully saturated rings. The van der Waals surface area contributed by atoms with Gasteiger partial charge in [-0.3, -0.25) is 4.79 Å². The summed E-state index contributed by atoms with van der Waals surface area (Å²) in [6.45, 7) is 2.04. The summed E-state index contributed by atoms with van der Waals surface area (Å²) in [6, 6.07) is 14.2. The van der Waals surface area contributed by atoms with Crippen LogP contribution in [0.3, 0.4) is 0 Å². The number of hydrogen-bond donors (Lipinski definition) is 1. The molecule has 2 aromatic carbocycles. The Labute approximate surface area is 159 Å². The minimum Gasteiger partial charge on any atom is -0.497 e. The summed E-state index contributed by atoms with van der Waals surface area (Å²) >= 11 is 0. The van der Waals surface area contributed by atoms with Crippen molar-refractivity contribution in [1.82, 2.24) is 10.2 Å². The standard InChI is InChI=1S/C20H23FN2O2.ClH/c1-25-18-7-2-4-15(12-18)8-9-20(24)23-11-10-22-14-19(23)16-5-3-6-17(21)13-16;/h2-7,12-13,19,22H,8-11,14H2,1H3;1H. The first kappa shape index (κ1) is 20.2. The van der Waals surface area contributed by atoms with E-state index in [1.165, 1.54) is 12.1 Å². The van der Waals surface area contributed by atoms with Crippen LogP contribution in [-0.4, -0.2) is 37.6 Å². The number of methoxy groups -OCH3 is 1. The molecule has 1 atom stereocenters. The topological polar surface area (TPSA) is 41.6 Å². The normalized spacial score (nSPS) is 16.7. The molecule has 0 aliphatic carbocycles. The van der Waals surface area contributed by atoms with Crippen molar-refractivity contribution in [3.63, 3.8) is 0 Å². The number of ether oxygens (including phenoxy) is 1. The van der Waals surface area contributed by atoms with Gasteiger partial charge >= 0.3 is 0 Å². The van der Waals surface area contributed by atoms with Crippen molar-refractivity contribution in [2.75, 3.05) is 26.7 Å². The zero-order valence-corrected chi connectivity index (χ0v) is 15.6. The van der Waals surface area contributed by atoms with Crippen molar-refractivity contribution in [2.24, 2.45) is 0 Å². The first-order valence-corrected chi connectivity index (χ1v) is 8.56. The second kappa shape index (κ2) is 9.55. The van der Waals surface area contributed by atoms with E-state index in [4.69, 9.17) is 4.74 Å². The molecule has 1 heterocycles. The molecule has 3 rings (SSSR count). The van der Waals surface area contributed by atoms with Crippen molar-refractivity contribution in [2.45, 2.75) is 18.9 Å². The molecule has 2 aromatic rings. The van der Waals surface area contributed by atoms with Crippen LogP contribution in [0.2, 0.25) is 0 Å². The Bertz CT molecular complexity index is 741. The molecule has 1 unspecified atom stereocenters. The van der Waals surface area contributed by atoms with Crippen molar-refractivity contribution in [3.05, 3.63) is 65.5 Å². The zero-order valence-electron chi connectivity index (χ0n) is 14.8. The fourth-order valence-corrected chi connectivity index (χ4v) is 3.24. The van der Waals surface area contributed by atoms with Crippen LogP contribution in [-0.2, 0) is 11.2 Å². The molecule has 1 aliphatic rings. The highest BCUT2D eigenvalue weighted by molar-refractivity contribution is 5.85. The van der Waals surface area contributed by atoms with Crippen molar-refractivity contribution in [3.8, 4) is 5.75 Å². The van der Waals surface area contributed by atoms with Crippen molar-refractivity contribution >= 4 is 18.3 Å². The molecule has 0 saturated carbocycles. The maximum atomic E-state index is 13.6. The summed E-state index contributed by atoms with van der Waals surface area (Å²) < 4.78 is 18.8. The van der Waals surface area contributed by atoms with Gasteiger partial charge in [0.05, 0.1) is 13.2 Å². The molecule has 6 heteroatoms. The van der Waals surface area contributed by atoms with Crippen molar-refractivity contribution < 1.29 is 13.9 Å². The summed E-state index contributed by atoms with van der Waals surface area (Å²) in [6.07, 6.45) is 1.09. The van der Waals surface area contributed by atoms with E-state index >= 15 is 0 Å². The molecule has 1 N–H and O–H groups in total. The lowest BCUT2D eigenvalue weighted by molar-refractivity contribution is -0.134. The quantitative estimate of drug-likeness (QED) is 0.867. The highest BCUT2D eigenvalue weighted by atomic mass is 35.5. The number of halogens is 2. The minimum absolute atomic E-state index is 0. The second-order valence-electron chi connectivity index (χ2n) is 6.21. The Morgan fingerprint density at radius 1 is 1.27 bits per heavy atom. The average Bonchev–Trinajstić information content (AvgIpc) is 2.66. The average molecular weight is 379 g/mol. The van der Waals surface area contributed by atoms with E-state index in [0.29, 0.717) is 25.9 Å². The lowest BCUT2D eigenvalue weighted by atomic mass is 10.0. The maximum absolute atomic E-state index is 13.6. The van der Waals surface area contributed by atoms with Gasteiger partial charge in [0, 0.05) is 26.1 Å². The third-order valence-electron chi connectivity index (χ3n) is 4.56. The maximum Gasteiger partial charge on any atom is 0.223 e. The third-order valence-corrected chi connectivity index (χ3v) is 4.56. The van der Waals surface area contributed by atoms with Gasteiger partial charge in [0.2, 0.25) is 5.91 Å². The number of hydrogen-bond acceptors (Lipinski definition) is 3. The molecule has 0 spiro atoms. The molecule has 1 aliphatic heterocycles. The summed E-state index contributed by atoms with van der Waals surface area (Å²) in [5.74, 6) is 0.621. The zero-order chi connectivity index (χ0) is 17.6. The van der Waals surface area contributed by atoms with Crippen LogP contribution in [0.1, 0.15) is 23.6 Å². The predicted octanol–water partition coefficient (Wildman–Crippen LogP) is 3.36. The van der Waals surface area contributed by atoms with Gasteiger partial charge in [-0.2, -0.15) is 0 Å². The van der Waals surface area contributed by atoms with E-state index in [1.54, 1.807) is 13.2 Å². The van der Waals surface area contributed by atoms with E-state index in [-0.39, 0.29) is 30.2 Å². The van der Waals surface area contributed by atoms with Gasteiger partial charge in [0.1, 0.15) is 11.6 Å². The summed E-state index contributed by atoms with van der Waals surface area (Å²) in [5, 5.41) is 3.29. The van der Waals surface area contributed by atoms with Gasteiger partial charge < -0.3 is 15.0 Å². The third kappa shape index (κ3) is 4.96. The Hall–Kier alpha value is -2.11. The number of carbonyl (C=O) groups excluding carboxylic acids is 1. The van der Waals surface area contributed by atoms with E-state index in [1.807, 2.05) is 35.2 Å². The molecule has 4 nitrogen and oxygen atoms in total. The summed E-state index contributed by atoms with van der Waals surface area (Å²) in [5.41, 5.74) is 1.91. The lowest BCUT2D eigenvalue weighted by Gasteiger charge is -2.36. The number of benzene rings is 2. The van der Waals surface area contributed by atoms with Crippen LogP contribution in [0.4, 0.5) is 4.39 Å². The Morgan fingerprint density at radius 2 is 2.08 bits per heavy atom. The predicted molar refractivity (Wildman–Crippen MR) is 102 cm³/mol. The largest absolute Gasteiger partial charge is 0.497 e. The first-order chi connectivity index (χ1) is 12.2. The molecule has 26 heavy (non-hydrogen) atoms. The second-order valence-corrected chi connectivity index (χ2v) is 6.21. The van der Waals surface area contributed by atoms with Gasteiger partial charge in [0.15, 0.2) is 0 Å². The van der Waals surface area contributed by atoms with Crippen LogP contribution < -0.4 is 10.1 Å². The van der Waals surface area contributed by atoms with Crippen LogP contribution >= 0.6 is 12.4 Å². The molecule has 0 aromatic heterocycles. The highest BCUT2D eigenvalue weighted by Gasteiger charge is 2.27. The summed E-state index contributed by atoms with van der Waals surface area (Å²) in [7, 11) is 1.63. The van der Waals surface area contributed by atoms with Crippen LogP contribution in [0.25, 0.3) is 0 Å². The van der Waals surface area contributed by atoms with Gasteiger partial charge in [-0.1, -0.05) is 24.3 Å². The van der Waals surface area contributed by atoms with E-state index in [2.05, 4.69) is 5.32 Å².